The number of carbonyl (C=O) groups is 1. The van der Waals surface area contributed by atoms with Crippen molar-refractivity contribution in [2.45, 2.75) is 20.0 Å². The lowest BCUT2D eigenvalue weighted by atomic mass is 10.0. The van der Waals surface area contributed by atoms with Crippen LogP contribution in [0, 0.1) is 11.6 Å². The normalized spacial score (nSPS) is 11.6. The minimum atomic E-state index is -0.698. The molecule has 160 valence electrons. The topological polar surface area (TPSA) is 87.1 Å². The van der Waals surface area contributed by atoms with E-state index < -0.39 is 23.6 Å². The van der Waals surface area contributed by atoms with Crippen LogP contribution >= 0.6 is 0 Å². The van der Waals surface area contributed by atoms with Crippen molar-refractivity contribution in [3.05, 3.63) is 78.3 Å². The first-order valence-electron chi connectivity index (χ1n) is 9.55. The monoisotopic (exact) mass is 424 g/mol. The molecule has 1 amide bonds. The summed E-state index contributed by atoms with van der Waals surface area (Å²) >= 11 is 0. The highest BCUT2D eigenvalue weighted by molar-refractivity contribution is 6.00. The zero-order valence-electron chi connectivity index (χ0n) is 17.1. The summed E-state index contributed by atoms with van der Waals surface area (Å²) in [5, 5.41) is 15.2. The van der Waals surface area contributed by atoms with Gasteiger partial charge >= 0.3 is 0 Å². The number of amides is 1. The fraction of sp³-hybridized carbons (Fsp3) is 0.174. The molecule has 6 nitrogen and oxygen atoms in total. The van der Waals surface area contributed by atoms with Crippen LogP contribution < -0.4 is 10.6 Å². The first-order chi connectivity index (χ1) is 14.8. The molecule has 0 saturated carbocycles. The van der Waals surface area contributed by atoms with Gasteiger partial charge in [0.1, 0.15) is 11.6 Å². The minimum Gasteiger partial charge on any atom is -0.392 e. The molecule has 3 aromatic rings. The molecular formula is C23H22F2N4O2. The average molecular weight is 424 g/mol. The maximum absolute atomic E-state index is 14.3. The number of halogens is 2. The SMILES string of the molecule is C=C(C)c1cnc(-c2cc(F)ccc2F)cc1Nc1ccncc1C(=O)NC[C@H](C)O. The number of rotatable bonds is 7. The largest absolute Gasteiger partial charge is 0.392 e. The Labute approximate surface area is 178 Å². The summed E-state index contributed by atoms with van der Waals surface area (Å²) in [4.78, 5) is 20.8. The summed E-state index contributed by atoms with van der Waals surface area (Å²) in [6, 6.07) is 6.33. The van der Waals surface area contributed by atoms with E-state index in [9.17, 15) is 18.7 Å². The van der Waals surface area contributed by atoms with Gasteiger partial charge in [0.25, 0.3) is 5.91 Å². The first-order valence-corrected chi connectivity index (χ1v) is 9.55. The Balaban J connectivity index is 2.02. The van der Waals surface area contributed by atoms with Crippen molar-refractivity contribution in [1.29, 1.82) is 0 Å². The molecule has 1 atom stereocenters. The standard InChI is InChI=1S/C23H22F2N4O2/c1-13(2)17-12-27-21(16-8-15(24)4-5-19(16)25)9-22(17)29-20-6-7-26-11-18(20)23(31)28-10-14(3)30/h4-9,11-12,14,30H,1,10H2,2-3H3,(H,28,31)(H,26,27,29)/t14-/m0/s1. The van der Waals surface area contributed by atoms with Crippen LogP contribution in [0.3, 0.4) is 0 Å². The Hall–Kier alpha value is -3.65. The molecule has 0 aliphatic heterocycles. The number of carbonyl (C=O) groups excluding carboxylic acids is 1. The number of hydrogen-bond donors (Lipinski definition) is 3. The molecule has 31 heavy (non-hydrogen) atoms. The predicted molar refractivity (Wildman–Crippen MR) is 116 cm³/mol. The highest BCUT2D eigenvalue weighted by Gasteiger charge is 2.16. The van der Waals surface area contributed by atoms with Crippen molar-refractivity contribution in [3.8, 4) is 11.3 Å². The van der Waals surface area contributed by atoms with Gasteiger partial charge in [0.05, 0.1) is 23.0 Å². The Bertz CT molecular complexity index is 1130. The van der Waals surface area contributed by atoms with E-state index in [1.165, 1.54) is 18.6 Å². The first kappa shape index (κ1) is 22.0. The van der Waals surface area contributed by atoms with Gasteiger partial charge in [0, 0.05) is 41.9 Å². The molecule has 3 N–H and O–H groups in total. The zero-order valence-corrected chi connectivity index (χ0v) is 17.1. The van der Waals surface area contributed by atoms with Crippen molar-refractivity contribution in [1.82, 2.24) is 15.3 Å². The van der Waals surface area contributed by atoms with Gasteiger partial charge in [-0.1, -0.05) is 6.58 Å². The summed E-state index contributed by atoms with van der Waals surface area (Å²) in [5.41, 5.74) is 2.78. The van der Waals surface area contributed by atoms with Crippen molar-refractivity contribution in [2.24, 2.45) is 0 Å². The van der Waals surface area contributed by atoms with E-state index in [2.05, 4.69) is 27.2 Å². The Morgan fingerprint density at radius 2 is 1.94 bits per heavy atom. The van der Waals surface area contributed by atoms with Crippen LogP contribution in [-0.4, -0.2) is 33.6 Å². The molecule has 0 saturated heterocycles. The lowest BCUT2D eigenvalue weighted by Gasteiger charge is -2.16. The molecule has 0 aliphatic rings. The minimum absolute atomic E-state index is 0.0148. The lowest BCUT2D eigenvalue weighted by molar-refractivity contribution is 0.0924. The Morgan fingerprint density at radius 3 is 2.65 bits per heavy atom. The molecule has 2 aromatic heterocycles. The Kier molecular flexibility index (Phi) is 6.71. The van der Waals surface area contributed by atoms with E-state index in [0.29, 0.717) is 22.5 Å². The van der Waals surface area contributed by atoms with Crippen molar-refractivity contribution in [3.63, 3.8) is 0 Å². The fourth-order valence-corrected chi connectivity index (χ4v) is 2.91. The molecule has 0 spiro atoms. The number of benzene rings is 1. The predicted octanol–water partition coefficient (Wildman–Crippen LogP) is 4.31. The van der Waals surface area contributed by atoms with Gasteiger partial charge < -0.3 is 15.7 Å². The fourth-order valence-electron chi connectivity index (χ4n) is 2.91. The maximum atomic E-state index is 14.3. The second-order valence-electron chi connectivity index (χ2n) is 7.12. The Morgan fingerprint density at radius 1 is 1.16 bits per heavy atom. The number of allylic oxidation sites excluding steroid dienone is 1. The van der Waals surface area contributed by atoms with Crippen LogP contribution in [0.15, 0.2) is 55.5 Å². The molecule has 1 aromatic carbocycles. The van der Waals surface area contributed by atoms with Gasteiger partial charge in [-0.15, -0.1) is 0 Å². The van der Waals surface area contributed by atoms with Crippen LogP contribution in [-0.2, 0) is 0 Å². The summed E-state index contributed by atoms with van der Waals surface area (Å²) in [7, 11) is 0. The molecule has 8 heteroatoms. The van der Waals surface area contributed by atoms with Gasteiger partial charge in [-0.05, 0) is 49.8 Å². The summed E-state index contributed by atoms with van der Waals surface area (Å²) < 4.78 is 27.9. The van der Waals surface area contributed by atoms with Gasteiger partial charge in [-0.2, -0.15) is 0 Å². The molecule has 0 aliphatic carbocycles. The van der Waals surface area contributed by atoms with E-state index in [1.807, 2.05) is 0 Å². The lowest BCUT2D eigenvalue weighted by Crippen LogP contribution is -2.31. The molecule has 0 unspecified atom stereocenters. The average Bonchev–Trinajstić information content (AvgIpc) is 2.74. The van der Waals surface area contributed by atoms with E-state index in [1.54, 1.807) is 26.0 Å². The number of aliphatic hydroxyl groups is 1. The van der Waals surface area contributed by atoms with Crippen LogP contribution in [0.1, 0.15) is 29.8 Å². The molecular weight excluding hydrogens is 402 g/mol. The molecule has 3 rings (SSSR count). The highest BCUT2D eigenvalue weighted by Crippen LogP contribution is 2.31. The third-order valence-corrected chi connectivity index (χ3v) is 4.46. The number of aromatic nitrogens is 2. The smallest absolute Gasteiger partial charge is 0.255 e. The number of pyridine rings is 2. The molecule has 0 radical (unpaired) electrons. The quantitative estimate of drug-likeness (QED) is 0.526. The number of nitrogens with one attached hydrogen (secondary N) is 2. The summed E-state index contributed by atoms with van der Waals surface area (Å²) in [6.07, 6.45) is 3.73. The summed E-state index contributed by atoms with van der Waals surface area (Å²) in [6.45, 7) is 7.37. The van der Waals surface area contributed by atoms with Crippen molar-refractivity contribution in [2.75, 3.05) is 11.9 Å². The van der Waals surface area contributed by atoms with Gasteiger partial charge in [-0.3, -0.25) is 14.8 Å². The number of hydrogen-bond acceptors (Lipinski definition) is 5. The second-order valence-corrected chi connectivity index (χ2v) is 7.12. The van der Waals surface area contributed by atoms with E-state index in [4.69, 9.17) is 0 Å². The molecule has 2 heterocycles. The van der Waals surface area contributed by atoms with Crippen LogP contribution in [0.5, 0.6) is 0 Å². The molecule has 0 bridgehead atoms. The number of anilines is 2. The van der Waals surface area contributed by atoms with Crippen LogP contribution in [0.4, 0.5) is 20.2 Å². The van der Waals surface area contributed by atoms with Crippen molar-refractivity contribution >= 4 is 22.9 Å². The molecule has 0 fully saturated rings. The number of nitrogens with zero attached hydrogens (tertiary/aromatic N) is 2. The highest BCUT2D eigenvalue weighted by atomic mass is 19.1. The van der Waals surface area contributed by atoms with Gasteiger partial charge in [0.15, 0.2) is 0 Å². The third-order valence-electron chi connectivity index (χ3n) is 4.46. The van der Waals surface area contributed by atoms with E-state index in [0.717, 1.165) is 18.2 Å². The second kappa shape index (κ2) is 9.44. The van der Waals surface area contributed by atoms with Crippen LogP contribution in [0.25, 0.3) is 16.8 Å². The van der Waals surface area contributed by atoms with Gasteiger partial charge in [-0.25, -0.2) is 8.78 Å². The van der Waals surface area contributed by atoms with Crippen LogP contribution in [0.2, 0.25) is 0 Å². The maximum Gasteiger partial charge on any atom is 0.255 e. The third kappa shape index (κ3) is 5.29. The summed E-state index contributed by atoms with van der Waals surface area (Å²) in [5.74, 6) is -1.60. The van der Waals surface area contributed by atoms with Gasteiger partial charge in [0.2, 0.25) is 0 Å². The number of aliphatic hydroxyl groups excluding tert-OH is 1. The van der Waals surface area contributed by atoms with E-state index >= 15 is 0 Å². The van der Waals surface area contributed by atoms with E-state index in [-0.39, 0.29) is 23.4 Å². The zero-order chi connectivity index (χ0) is 22.5. The van der Waals surface area contributed by atoms with Crippen molar-refractivity contribution < 1.29 is 18.7 Å².